The van der Waals surface area contributed by atoms with Crippen molar-refractivity contribution in [3.63, 3.8) is 0 Å². The first kappa shape index (κ1) is 25.7. The number of allylic oxidation sites excluding steroid dienone is 6. The molecule has 2 aromatic carbocycles. The van der Waals surface area contributed by atoms with E-state index in [1.807, 2.05) is 18.3 Å². The number of para-hydroxylation sites is 1. The predicted molar refractivity (Wildman–Crippen MR) is 173 cm³/mol. The molecule has 4 aliphatic rings. The molecule has 0 saturated carbocycles. The highest BCUT2D eigenvalue weighted by molar-refractivity contribution is 8.03. The van der Waals surface area contributed by atoms with Crippen LogP contribution in [0.3, 0.4) is 0 Å². The van der Waals surface area contributed by atoms with Crippen LogP contribution in [0.4, 0.5) is 5.69 Å². The highest BCUT2D eigenvalue weighted by Gasteiger charge is 2.43. The van der Waals surface area contributed by atoms with Gasteiger partial charge in [-0.3, -0.25) is 4.98 Å². The molecule has 41 heavy (non-hydrogen) atoms. The van der Waals surface area contributed by atoms with Gasteiger partial charge in [0.05, 0.1) is 28.0 Å². The number of nitrogens with zero attached hydrogens (tertiary/aromatic N) is 2. The molecule has 3 aromatic rings. The molecule has 1 N–H and O–H groups in total. The number of pyridine rings is 1. The van der Waals surface area contributed by atoms with E-state index in [1.54, 1.807) is 11.8 Å². The highest BCUT2D eigenvalue weighted by atomic mass is 32.2. The number of thioether (sulfide) groups is 1. The number of nitrogens with one attached hydrogen (secondary N) is 1. The summed E-state index contributed by atoms with van der Waals surface area (Å²) in [6, 6.07) is 22.1. The lowest BCUT2D eigenvalue weighted by Crippen LogP contribution is -2.56. The minimum Gasteiger partial charge on any atom is -0.378 e. The maximum atomic E-state index is 5.07. The number of hydrogen-bond acceptors (Lipinski definition) is 4. The number of fused-ring (bicyclic) bond motifs is 3. The lowest BCUT2D eigenvalue weighted by Gasteiger charge is -2.45. The summed E-state index contributed by atoms with van der Waals surface area (Å²) in [6.45, 7) is 10.7. The van der Waals surface area contributed by atoms with E-state index in [-0.39, 0.29) is 0 Å². The molecule has 0 saturated heterocycles. The van der Waals surface area contributed by atoms with E-state index >= 15 is 0 Å². The summed E-state index contributed by atoms with van der Waals surface area (Å²) >= 11 is 1.73. The van der Waals surface area contributed by atoms with E-state index in [2.05, 4.69) is 121 Å². The van der Waals surface area contributed by atoms with Crippen molar-refractivity contribution in [2.45, 2.75) is 42.5 Å². The molecule has 4 heteroatoms. The third-order valence-electron chi connectivity index (χ3n) is 8.69. The molecule has 0 fully saturated rings. The smallest absolute Gasteiger partial charge is 0.0950 e. The van der Waals surface area contributed by atoms with Gasteiger partial charge in [-0.25, -0.2) is 0 Å². The molecule has 2 atom stereocenters. The van der Waals surface area contributed by atoms with Crippen LogP contribution < -0.4 is 20.8 Å². The summed E-state index contributed by atoms with van der Waals surface area (Å²) < 4.78 is 0. The first-order valence-electron chi connectivity index (χ1n) is 14.3. The zero-order valence-corrected chi connectivity index (χ0v) is 24.1. The van der Waals surface area contributed by atoms with Gasteiger partial charge >= 0.3 is 0 Å². The summed E-state index contributed by atoms with van der Waals surface area (Å²) in [5, 5.41) is 5.88. The molecular weight excluding hydrogens is 518 g/mol. The molecule has 0 radical (unpaired) electrons. The maximum Gasteiger partial charge on any atom is 0.0950 e. The van der Waals surface area contributed by atoms with Gasteiger partial charge in [-0.1, -0.05) is 91.7 Å². The topological polar surface area (TPSA) is 28.2 Å². The van der Waals surface area contributed by atoms with E-state index in [9.17, 15) is 0 Å². The monoisotopic (exact) mass is 551 g/mol. The fraction of sp³-hybridized carbons (Fsp3) is 0.162. The Morgan fingerprint density at radius 1 is 1.02 bits per heavy atom. The van der Waals surface area contributed by atoms with Crippen molar-refractivity contribution in [1.29, 1.82) is 0 Å². The number of dihydropyridines is 1. The van der Waals surface area contributed by atoms with Crippen molar-refractivity contribution in [2.75, 3.05) is 4.90 Å². The lowest BCUT2D eigenvalue weighted by molar-refractivity contribution is 0.597. The molecule has 3 nitrogen and oxygen atoms in total. The molecule has 2 aliphatic heterocycles. The summed E-state index contributed by atoms with van der Waals surface area (Å²) in [4.78, 5) is 9.66. The molecule has 3 heterocycles. The molecule has 2 unspecified atom stereocenters. The van der Waals surface area contributed by atoms with Crippen LogP contribution in [0.5, 0.6) is 0 Å². The van der Waals surface area contributed by atoms with Crippen LogP contribution in [0.1, 0.15) is 43.2 Å². The van der Waals surface area contributed by atoms with Gasteiger partial charge in [-0.15, -0.1) is 0 Å². The number of hydrogen-bond donors (Lipinski definition) is 1. The zero-order chi connectivity index (χ0) is 28.0. The van der Waals surface area contributed by atoms with Crippen LogP contribution in [0.25, 0.3) is 11.3 Å². The minimum atomic E-state index is -0.477. The van der Waals surface area contributed by atoms with Crippen molar-refractivity contribution >= 4 is 28.7 Å². The highest BCUT2D eigenvalue weighted by Crippen LogP contribution is 2.49. The molecular formula is C37H33N3S. The third kappa shape index (κ3) is 4.08. The van der Waals surface area contributed by atoms with Crippen molar-refractivity contribution in [1.82, 2.24) is 10.3 Å². The average molecular weight is 552 g/mol. The molecule has 202 valence electrons. The standard InChI is InChI=1S/C37H33N3S/c1-4-30-32(5-2)41-33-18-10-9-17-31(33)40(30)36-29-16-12-24-39-37(29,3)34(28-15-11-23-38-35(28)36)27-21-19-26(20-22-27)25-13-7-6-8-14-25/h4-7,9-12,15-25,39H,1-2,8,13-14H2,3H3. The molecule has 0 spiro atoms. The van der Waals surface area contributed by atoms with Crippen LogP contribution in [-0.2, 0) is 0 Å². The van der Waals surface area contributed by atoms with Gasteiger partial charge in [0, 0.05) is 26.8 Å². The summed E-state index contributed by atoms with van der Waals surface area (Å²) in [7, 11) is 0. The third-order valence-corrected chi connectivity index (χ3v) is 9.85. The minimum absolute atomic E-state index is 0.477. The van der Waals surface area contributed by atoms with E-state index in [1.165, 1.54) is 33.6 Å². The molecule has 2 aliphatic carbocycles. The van der Waals surface area contributed by atoms with E-state index < -0.39 is 5.54 Å². The summed E-state index contributed by atoms with van der Waals surface area (Å²) in [5.41, 5.74) is 7.77. The fourth-order valence-electron chi connectivity index (χ4n) is 6.73. The van der Waals surface area contributed by atoms with Gasteiger partial charge in [-0.2, -0.15) is 0 Å². The van der Waals surface area contributed by atoms with Gasteiger partial charge in [0.25, 0.3) is 0 Å². The SMILES string of the molecule is C=CC1=C(C=C)N(C2=c3ncccc3=C(c3ccc(C4CC=CCC4)cc3)C3(C)NC=CC=C23)c2ccccc2S1. The van der Waals surface area contributed by atoms with Gasteiger partial charge in [0.1, 0.15) is 0 Å². The zero-order valence-electron chi connectivity index (χ0n) is 23.3. The lowest BCUT2D eigenvalue weighted by atomic mass is 9.73. The first-order valence-corrected chi connectivity index (χ1v) is 15.1. The van der Waals surface area contributed by atoms with Gasteiger partial charge in [-0.05, 0) is 85.4 Å². The Kier molecular flexibility index (Phi) is 6.44. The second-order valence-electron chi connectivity index (χ2n) is 11.0. The number of benzene rings is 2. The second kappa shape index (κ2) is 10.3. The van der Waals surface area contributed by atoms with Crippen molar-refractivity contribution in [3.05, 3.63) is 161 Å². The van der Waals surface area contributed by atoms with E-state index in [0.29, 0.717) is 5.92 Å². The van der Waals surface area contributed by atoms with Crippen molar-refractivity contribution in [3.8, 4) is 0 Å². The van der Waals surface area contributed by atoms with Gasteiger partial charge in [0.15, 0.2) is 0 Å². The van der Waals surface area contributed by atoms with Crippen molar-refractivity contribution < 1.29 is 0 Å². The number of rotatable bonds is 5. The first-order chi connectivity index (χ1) is 20.1. The largest absolute Gasteiger partial charge is 0.378 e. The molecule has 7 rings (SSSR count). The van der Waals surface area contributed by atoms with Crippen molar-refractivity contribution in [2.24, 2.45) is 0 Å². The Labute approximate surface area is 246 Å². The summed E-state index contributed by atoms with van der Waals surface area (Å²) in [5.74, 6) is 0.598. The Balaban J connectivity index is 1.53. The maximum absolute atomic E-state index is 5.07. The number of aromatic nitrogens is 1. The molecule has 0 bridgehead atoms. The Morgan fingerprint density at radius 3 is 2.66 bits per heavy atom. The number of anilines is 1. The quantitative estimate of drug-likeness (QED) is 0.339. The summed E-state index contributed by atoms with van der Waals surface area (Å²) in [6.07, 6.45) is 20.3. The van der Waals surface area contributed by atoms with Crippen LogP contribution in [-0.4, -0.2) is 10.5 Å². The average Bonchev–Trinajstić information content (AvgIpc) is 3.03. The van der Waals surface area contributed by atoms with E-state index in [4.69, 9.17) is 4.98 Å². The molecule has 0 amide bonds. The van der Waals surface area contributed by atoms with Crippen LogP contribution in [0, 0.1) is 0 Å². The van der Waals surface area contributed by atoms with Crippen LogP contribution in [0.15, 0.2) is 144 Å². The van der Waals surface area contributed by atoms with Gasteiger partial charge in [0.2, 0.25) is 0 Å². The second-order valence-corrected chi connectivity index (χ2v) is 12.1. The fourth-order valence-corrected chi connectivity index (χ4v) is 7.74. The Hall–Kier alpha value is -4.28. The van der Waals surface area contributed by atoms with E-state index in [0.717, 1.165) is 45.4 Å². The molecule has 1 aromatic heterocycles. The van der Waals surface area contributed by atoms with Crippen LogP contribution in [0.2, 0.25) is 0 Å². The van der Waals surface area contributed by atoms with Gasteiger partial charge < -0.3 is 10.2 Å². The normalized spacial score (nSPS) is 22.8. The Morgan fingerprint density at radius 2 is 1.88 bits per heavy atom. The Bertz CT molecular complexity index is 1820. The van der Waals surface area contributed by atoms with Crippen LogP contribution >= 0.6 is 11.8 Å². The predicted octanol–water partition coefficient (Wildman–Crippen LogP) is 7.22.